The number of carbonyl (C=O) groups is 4. The molecule has 65 heavy (non-hydrogen) atoms. The molecule has 4 saturated heterocycles. The number of hydrogen-bond acceptors (Lipinski definition) is 12. The molecule has 0 radical (unpaired) electrons. The summed E-state index contributed by atoms with van der Waals surface area (Å²) in [4.78, 5) is 70.6. The van der Waals surface area contributed by atoms with Crippen molar-refractivity contribution in [3.05, 3.63) is 94.7 Å². The lowest BCUT2D eigenvalue weighted by Gasteiger charge is -2.42. The number of aliphatic imine (C=N–C) groups is 2. The highest BCUT2D eigenvalue weighted by Gasteiger charge is 2.40. The molecule has 6 aliphatic rings. The number of fused-ring (bicyclic) bond motifs is 1. The number of piperidine rings is 3. The van der Waals surface area contributed by atoms with E-state index in [1.54, 1.807) is 60.9 Å². The van der Waals surface area contributed by atoms with Crippen LogP contribution >= 0.6 is 11.6 Å². The Balaban J connectivity index is 0.721. The highest BCUT2D eigenvalue weighted by atomic mass is 35.5. The number of ketones is 1. The summed E-state index contributed by atoms with van der Waals surface area (Å²) >= 11 is 6.65. The van der Waals surface area contributed by atoms with Gasteiger partial charge in [-0.1, -0.05) is 29.8 Å². The number of rotatable bonds is 11. The molecule has 342 valence electrons. The lowest BCUT2D eigenvalue weighted by Crippen LogP contribution is -2.54. The van der Waals surface area contributed by atoms with Crippen LogP contribution < -0.4 is 30.3 Å². The number of aliphatic hydroxyl groups excluding tert-OH is 1. The Morgan fingerprint density at radius 1 is 0.877 bits per heavy atom. The minimum absolute atomic E-state index is 0.00137. The number of hydrogen-bond donors (Lipinski definition) is 4. The van der Waals surface area contributed by atoms with Crippen molar-refractivity contribution in [2.75, 3.05) is 57.8 Å². The van der Waals surface area contributed by atoms with E-state index in [1.165, 1.54) is 0 Å². The van der Waals surface area contributed by atoms with Crippen LogP contribution in [-0.2, 0) is 9.59 Å². The summed E-state index contributed by atoms with van der Waals surface area (Å²) in [7, 11) is 1.54. The van der Waals surface area contributed by atoms with Crippen molar-refractivity contribution in [2.45, 2.75) is 76.0 Å². The monoisotopic (exact) mass is 905 g/mol. The molecule has 9 rings (SSSR count). The third kappa shape index (κ3) is 9.85. The van der Waals surface area contributed by atoms with Gasteiger partial charge in [-0.2, -0.15) is 0 Å². The average molecular weight is 906 g/mol. The van der Waals surface area contributed by atoms with Crippen molar-refractivity contribution in [1.82, 2.24) is 30.7 Å². The van der Waals surface area contributed by atoms with Crippen LogP contribution in [0, 0.1) is 11.8 Å². The lowest BCUT2D eigenvalue weighted by atomic mass is 9.90. The zero-order valence-electron chi connectivity index (χ0n) is 36.5. The average Bonchev–Trinajstić information content (AvgIpc) is 3.77. The largest absolute Gasteiger partial charge is 0.495 e. The highest BCUT2D eigenvalue weighted by molar-refractivity contribution is 6.35. The van der Waals surface area contributed by atoms with Gasteiger partial charge in [0.1, 0.15) is 29.2 Å². The van der Waals surface area contributed by atoms with Crippen molar-refractivity contribution in [1.29, 1.82) is 0 Å². The molecule has 0 aliphatic carbocycles. The Labute approximate surface area is 383 Å². The Kier molecular flexibility index (Phi) is 13.4. The quantitative estimate of drug-likeness (QED) is 0.195. The van der Waals surface area contributed by atoms with Gasteiger partial charge in [0.15, 0.2) is 5.78 Å². The number of likely N-dealkylation sites (tertiary alicyclic amines) is 3. The van der Waals surface area contributed by atoms with E-state index in [0.29, 0.717) is 102 Å². The maximum absolute atomic E-state index is 13.9. The number of methoxy groups -OCH3 is 1. The summed E-state index contributed by atoms with van der Waals surface area (Å²) in [6, 6.07) is 20.1. The van der Waals surface area contributed by atoms with Gasteiger partial charge in [0.25, 0.3) is 5.91 Å². The van der Waals surface area contributed by atoms with Crippen LogP contribution in [-0.4, -0.2) is 133 Å². The molecule has 4 N–H and O–H groups in total. The minimum Gasteiger partial charge on any atom is -0.495 e. The van der Waals surface area contributed by atoms with Gasteiger partial charge >= 0.3 is 0 Å². The van der Waals surface area contributed by atoms with E-state index in [2.05, 4.69) is 25.8 Å². The number of nitrogens with one attached hydrogen (secondary N) is 3. The predicted octanol–water partition coefficient (Wildman–Crippen LogP) is 4.78. The normalized spacial score (nSPS) is 23.9. The van der Waals surface area contributed by atoms with Gasteiger partial charge in [-0.15, -0.1) is 0 Å². The maximum Gasteiger partial charge on any atom is 0.253 e. The van der Waals surface area contributed by atoms with E-state index in [4.69, 9.17) is 26.1 Å². The van der Waals surface area contributed by atoms with Gasteiger partial charge in [0.2, 0.25) is 18.2 Å². The molecule has 0 bridgehead atoms. The summed E-state index contributed by atoms with van der Waals surface area (Å²) in [5, 5.41) is 19.8. The Morgan fingerprint density at radius 2 is 1.63 bits per heavy atom. The number of amidine groups is 1. The number of nitrogens with zero attached hydrogens (tertiary/aromatic N) is 6. The second-order valence-electron chi connectivity index (χ2n) is 17.6. The first-order valence-corrected chi connectivity index (χ1v) is 23.1. The maximum atomic E-state index is 13.9. The Hall–Kier alpha value is -5.97. The van der Waals surface area contributed by atoms with E-state index >= 15 is 0 Å². The van der Waals surface area contributed by atoms with Crippen LogP contribution in [0.15, 0.2) is 88.5 Å². The second kappa shape index (κ2) is 19.6. The number of Topliss-reactive ketones (excluding diaryl/α,β-unsaturated/α-hetero) is 1. The zero-order chi connectivity index (χ0) is 45.0. The molecule has 6 heterocycles. The number of amides is 3. The van der Waals surface area contributed by atoms with Crippen molar-refractivity contribution >= 4 is 53.0 Å². The van der Waals surface area contributed by atoms with Crippen molar-refractivity contribution in [2.24, 2.45) is 21.8 Å². The molecule has 0 aromatic heterocycles. The molecule has 3 unspecified atom stereocenters. The number of halogens is 1. The SMILES string of the molecule is COc1ccc(C(=O)N2CCC(N3CCC(CC(=O)N4CCC(N=C5NC=NC6NC=C(C(=O)c7ccc(Oc8ccccc8)cc7Cl)C56)CC4)CC3)CC2)cc1N1CCC(=O)NC1O. The van der Waals surface area contributed by atoms with Crippen LogP contribution in [0.5, 0.6) is 17.2 Å². The first kappa shape index (κ1) is 44.2. The zero-order valence-corrected chi connectivity index (χ0v) is 37.3. The van der Waals surface area contributed by atoms with Crippen molar-refractivity contribution in [3.63, 3.8) is 0 Å². The number of para-hydroxylation sites is 1. The van der Waals surface area contributed by atoms with E-state index in [-0.39, 0.29) is 42.1 Å². The minimum atomic E-state index is -1.19. The number of benzene rings is 3. The molecular formula is C48H56ClN9O7. The molecule has 0 saturated carbocycles. The summed E-state index contributed by atoms with van der Waals surface area (Å²) in [6.07, 6.45) is 7.77. The number of aliphatic hydroxyl groups is 1. The predicted molar refractivity (Wildman–Crippen MR) is 246 cm³/mol. The van der Waals surface area contributed by atoms with Crippen LogP contribution in [0.1, 0.15) is 72.1 Å². The molecule has 4 fully saturated rings. The molecule has 17 heteroatoms. The van der Waals surface area contributed by atoms with Gasteiger partial charge in [-0.3, -0.25) is 24.2 Å². The van der Waals surface area contributed by atoms with E-state index < -0.39 is 12.3 Å². The third-order valence-electron chi connectivity index (χ3n) is 13.6. The number of ether oxygens (including phenoxy) is 2. The summed E-state index contributed by atoms with van der Waals surface area (Å²) in [5.74, 6) is 2.08. The van der Waals surface area contributed by atoms with Gasteiger partial charge in [-0.05, 0) is 100.0 Å². The topological polar surface area (TPSA) is 181 Å². The van der Waals surface area contributed by atoms with E-state index in [9.17, 15) is 24.3 Å². The molecule has 16 nitrogen and oxygen atoms in total. The Bertz CT molecular complexity index is 2350. The van der Waals surface area contributed by atoms with E-state index in [1.807, 2.05) is 40.1 Å². The fourth-order valence-electron chi connectivity index (χ4n) is 9.97. The van der Waals surface area contributed by atoms with Crippen LogP contribution in [0.4, 0.5) is 5.69 Å². The molecule has 6 aliphatic heterocycles. The summed E-state index contributed by atoms with van der Waals surface area (Å²) < 4.78 is 11.4. The fraction of sp³-hybridized carbons (Fsp3) is 0.458. The van der Waals surface area contributed by atoms with Crippen LogP contribution in [0.2, 0.25) is 5.02 Å². The van der Waals surface area contributed by atoms with Crippen LogP contribution in [0.3, 0.4) is 0 Å². The second-order valence-corrected chi connectivity index (χ2v) is 18.0. The molecule has 3 aromatic rings. The molecule has 3 aromatic carbocycles. The van der Waals surface area contributed by atoms with Crippen molar-refractivity contribution < 1.29 is 33.8 Å². The van der Waals surface area contributed by atoms with Crippen LogP contribution in [0.25, 0.3) is 0 Å². The smallest absolute Gasteiger partial charge is 0.253 e. The lowest BCUT2D eigenvalue weighted by molar-refractivity contribution is -0.133. The highest BCUT2D eigenvalue weighted by Crippen LogP contribution is 2.35. The van der Waals surface area contributed by atoms with Gasteiger partial charge in [0.05, 0.1) is 36.1 Å². The molecular weight excluding hydrogens is 850 g/mol. The van der Waals surface area contributed by atoms with Crippen molar-refractivity contribution in [3.8, 4) is 17.2 Å². The molecule has 3 amide bonds. The standard InChI is InChI=1S/C48H56ClN9O7/c1-64-40-10-7-31(26-39(40)58-24-17-41(59)54-48(58)63)47(62)57-22-15-33(16-23-57)55-18-11-30(12-19-55)25-42(60)56-20-13-32(14-21-56)53-46-43-37(28-50-45(43)51-29-52-46)44(61)36-9-8-35(27-38(36)49)65-34-5-3-2-4-6-34/h2-10,26-30,32-33,43,45,48,50,63H,11-25H2,1H3,(H,54,59)(H,51,52,53). The Morgan fingerprint density at radius 3 is 2.35 bits per heavy atom. The number of anilines is 1. The molecule has 0 spiro atoms. The third-order valence-corrected chi connectivity index (χ3v) is 14.0. The first-order valence-electron chi connectivity index (χ1n) is 22.7. The van der Waals surface area contributed by atoms with E-state index in [0.717, 1.165) is 51.6 Å². The first-order chi connectivity index (χ1) is 31.6. The van der Waals surface area contributed by atoms with Gasteiger partial charge in [-0.25, -0.2) is 4.99 Å². The summed E-state index contributed by atoms with van der Waals surface area (Å²) in [6.45, 7) is 4.79. The van der Waals surface area contributed by atoms with Gasteiger partial charge < -0.3 is 50.1 Å². The summed E-state index contributed by atoms with van der Waals surface area (Å²) in [5.41, 5.74) is 1.98. The molecule has 3 atom stereocenters. The number of carbonyl (C=O) groups excluding carboxylic acids is 4. The fourth-order valence-corrected chi connectivity index (χ4v) is 10.2. The van der Waals surface area contributed by atoms with Gasteiger partial charge in [0, 0.05) is 80.6 Å².